The molecule has 1 aromatic rings. The van der Waals surface area contributed by atoms with E-state index >= 15 is 0 Å². The van der Waals surface area contributed by atoms with Crippen molar-refractivity contribution in [1.29, 1.82) is 0 Å². The molecule has 0 spiro atoms. The maximum absolute atomic E-state index is 12.0. The molecule has 1 aromatic heterocycles. The van der Waals surface area contributed by atoms with Crippen molar-refractivity contribution < 1.29 is 13.2 Å². The van der Waals surface area contributed by atoms with Crippen molar-refractivity contribution in [2.24, 2.45) is 0 Å². The van der Waals surface area contributed by atoms with Crippen molar-refractivity contribution >= 4 is 21.6 Å². The number of carbonyl (C=O) groups excluding carboxylic acids is 1. The highest BCUT2D eigenvalue weighted by atomic mass is 32.2. The molecule has 0 saturated carbocycles. The topological polar surface area (TPSA) is 70.6 Å². The van der Waals surface area contributed by atoms with E-state index in [0.29, 0.717) is 26.2 Å². The number of nitrogens with zero attached hydrogens (tertiary/aromatic N) is 3. The second-order valence-corrected chi connectivity index (χ2v) is 7.01. The van der Waals surface area contributed by atoms with Gasteiger partial charge in [-0.05, 0) is 12.1 Å². The molecule has 1 fully saturated rings. The van der Waals surface area contributed by atoms with E-state index in [9.17, 15) is 13.2 Å². The van der Waals surface area contributed by atoms with E-state index in [0.717, 1.165) is 5.82 Å². The second kappa shape index (κ2) is 6.71. The first-order valence-electron chi connectivity index (χ1n) is 6.77. The Bertz CT molecular complexity index is 593. The van der Waals surface area contributed by atoms with Gasteiger partial charge in [-0.25, -0.2) is 13.4 Å². The standard InChI is InChI=1S/C14H19N3O3S/c1-2-11-21(19,20)12-14(18)17-9-7-16(8-10-17)13-5-3-4-6-15-13/h2-6H,1,7-12H2. The van der Waals surface area contributed by atoms with Crippen LogP contribution in [0, 0.1) is 0 Å². The quantitative estimate of drug-likeness (QED) is 0.733. The zero-order valence-electron chi connectivity index (χ0n) is 11.8. The predicted molar refractivity (Wildman–Crippen MR) is 81.9 cm³/mol. The number of carbonyl (C=O) groups is 1. The third-order valence-electron chi connectivity index (χ3n) is 3.32. The number of hydrogen-bond donors (Lipinski definition) is 0. The molecule has 0 aliphatic carbocycles. The molecule has 6 nitrogen and oxygen atoms in total. The summed E-state index contributed by atoms with van der Waals surface area (Å²) in [6.45, 7) is 5.73. The number of hydrogen-bond acceptors (Lipinski definition) is 5. The lowest BCUT2D eigenvalue weighted by molar-refractivity contribution is -0.128. The number of pyridine rings is 1. The van der Waals surface area contributed by atoms with Crippen LogP contribution in [0.2, 0.25) is 0 Å². The molecule has 2 rings (SSSR count). The lowest BCUT2D eigenvalue weighted by atomic mass is 10.3. The third-order valence-corrected chi connectivity index (χ3v) is 4.75. The summed E-state index contributed by atoms with van der Waals surface area (Å²) < 4.78 is 23.3. The summed E-state index contributed by atoms with van der Waals surface area (Å²) in [4.78, 5) is 20.0. The van der Waals surface area contributed by atoms with Crippen molar-refractivity contribution in [1.82, 2.24) is 9.88 Å². The number of anilines is 1. The van der Waals surface area contributed by atoms with E-state index < -0.39 is 15.6 Å². The molecule has 0 atom stereocenters. The highest BCUT2D eigenvalue weighted by Crippen LogP contribution is 2.12. The molecule has 0 unspecified atom stereocenters. The molecule has 0 N–H and O–H groups in total. The molecular weight excluding hydrogens is 290 g/mol. The number of rotatable bonds is 5. The first-order chi connectivity index (χ1) is 10.0. The lowest BCUT2D eigenvalue weighted by Gasteiger charge is -2.35. The summed E-state index contributed by atoms with van der Waals surface area (Å²) in [5, 5.41) is 0. The van der Waals surface area contributed by atoms with Crippen molar-refractivity contribution in [3.8, 4) is 0 Å². The van der Waals surface area contributed by atoms with Crippen molar-refractivity contribution in [3.05, 3.63) is 37.1 Å². The van der Waals surface area contributed by atoms with Crippen LogP contribution in [-0.4, -0.2) is 61.9 Å². The van der Waals surface area contributed by atoms with Gasteiger partial charge >= 0.3 is 0 Å². The van der Waals surface area contributed by atoms with Gasteiger partial charge in [-0.3, -0.25) is 4.79 Å². The molecule has 1 saturated heterocycles. The summed E-state index contributed by atoms with van der Waals surface area (Å²) in [6, 6.07) is 5.70. The Labute approximate surface area is 125 Å². The molecule has 1 aliphatic heterocycles. The van der Waals surface area contributed by atoms with E-state index in [1.54, 1.807) is 11.1 Å². The van der Waals surface area contributed by atoms with Gasteiger partial charge in [0.05, 0.1) is 5.75 Å². The maximum atomic E-state index is 12.0. The Balaban J connectivity index is 1.89. The van der Waals surface area contributed by atoms with Gasteiger partial charge in [0.2, 0.25) is 5.91 Å². The summed E-state index contributed by atoms with van der Waals surface area (Å²) in [7, 11) is -3.38. The fourth-order valence-corrected chi connectivity index (χ4v) is 3.28. The van der Waals surface area contributed by atoms with Crippen LogP contribution in [0.25, 0.3) is 0 Å². The Hall–Kier alpha value is -1.89. The van der Waals surface area contributed by atoms with Gasteiger partial charge in [0.25, 0.3) is 0 Å². The molecule has 0 aromatic carbocycles. The highest BCUT2D eigenvalue weighted by molar-refractivity contribution is 7.92. The average Bonchev–Trinajstić information content (AvgIpc) is 2.48. The van der Waals surface area contributed by atoms with Gasteiger partial charge in [-0.2, -0.15) is 0 Å². The Morgan fingerprint density at radius 3 is 2.57 bits per heavy atom. The summed E-state index contributed by atoms with van der Waals surface area (Å²) >= 11 is 0. The minimum absolute atomic E-state index is 0.160. The van der Waals surface area contributed by atoms with Gasteiger partial charge in [-0.15, -0.1) is 6.58 Å². The smallest absolute Gasteiger partial charge is 0.237 e. The molecule has 114 valence electrons. The van der Waals surface area contributed by atoms with Crippen molar-refractivity contribution in [2.45, 2.75) is 0 Å². The van der Waals surface area contributed by atoms with E-state index in [2.05, 4.69) is 16.5 Å². The van der Waals surface area contributed by atoms with E-state index in [1.807, 2.05) is 18.2 Å². The predicted octanol–water partition coefficient (Wildman–Crippen LogP) is 0.331. The molecular formula is C14H19N3O3S. The average molecular weight is 309 g/mol. The maximum Gasteiger partial charge on any atom is 0.237 e. The zero-order chi connectivity index (χ0) is 15.3. The number of sulfone groups is 1. The molecule has 0 bridgehead atoms. The highest BCUT2D eigenvalue weighted by Gasteiger charge is 2.25. The summed E-state index contributed by atoms with van der Waals surface area (Å²) in [5.41, 5.74) is 0. The largest absolute Gasteiger partial charge is 0.353 e. The molecule has 1 amide bonds. The van der Waals surface area contributed by atoms with Crippen LogP contribution in [0.3, 0.4) is 0 Å². The van der Waals surface area contributed by atoms with Gasteiger partial charge in [0.15, 0.2) is 9.84 Å². The van der Waals surface area contributed by atoms with Crippen LogP contribution in [0.1, 0.15) is 0 Å². The second-order valence-electron chi connectivity index (χ2n) is 4.90. The van der Waals surface area contributed by atoms with E-state index in [-0.39, 0.29) is 11.7 Å². The van der Waals surface area contributed by atoms with Crippen LogP contribution in [0.4, 0.5) is 5.82 Å². The Morgan fingerprint density at radius 2 is 2.00 bits per heavy atom. The summed E-state index contributed by atoms with van der Waals surface area (Å²) in [5.74, 6) is -0.0590. The van der Waals surface area contributed by atoms with Gasteiger partial charge < -0.3 is 9.80 Å². The van der Waals surface area contributed by atoms with Crippen LogP contribution >= 0.6 is 0 Å². The van der Waals surface area contributed by atoms with Crippen LogP contribution in [-0.2, 0) is 14.6 Å². The molecule has 0 radical (unpaired) electrons. The van der Waals surface area contributed by atoms with E-state index in [4.69, 9.17) is 0 Å². The number of piperazine rings is 1. The van der Waals surface area contributed by atoms with Gasteiger partial charge in [0, 0.05) is 32.4 Å². The van der Waals surface area contributed by atoms with Crippen LogP contribution < -0.4 is 4.90 Å². The van der Waals surface area contributed by atoms with Crippen LogP contribution in [0.15, 0.2) is 37.1 Å². The minimum atomic E-state index is -3.38. The fraction of sp³-hybridized carbons (Fsp3) is 0.429. The molecule has 21 heavy (non-hydrogen) atoms. The van der Waals surface area contributed by atoms with E-state index in [1.165, 1.54) is 6.08 Å². The summed E-state index contributed by atoms with van der Waals surface area (Å²) in [6.07, 6.45) is 3.04. The normalized spacial score (nSPS) is 15.8. The first-order valence-corrected chi connectivity index (χ1v) is 8.59. The number of amides is 1. The van der Waals surface area contributed by atoms with Crippen molar-refractivity contribution in [2.75, 3.05) is 42.6 Å². The van der Waals surface area contributed by atoms with Gasteiger partial charge in [0.1, 0.15) is 11.6 Å². The monoisotopic (exact) mass is 309 g/mol. The third kappa shape index (κ3) is 4.29. The lowest BCUT2D eigenvalue weighted by Crippen LogP contribution is -2.50. The number of aromatic nitrogens is 1. The van der Waals surface area contributed by atoms with Crippen LogP contribution in [0.5, 0.6) is 0 Å². The minimum Gasteiger partial charge on any atom is -0.353 e. The molecule has 1 aliphatic rings. The van der Waals surface area contributed by atoms with Crippen molar-refractivity contribution in [3.63, 3.8) is 0 Å². The Kier molecular flexibility index (Phi) is 4.95. The first kappa shape index (κ1) is 15.5. The molecule has 2 heterocycles. The zero-order valence-corrected chi connectivity index (χ0v) is 12.6. The SMILES string of the molecule is C=CCS(=O)(=O)CC(=O)N1CCN(c2ccccn2)CC1. The fourth-order valence-electron chi connectivity index (χ4n) is 2.24. The van der Waals surface area contributed by atoms with Gasteiger partial charge in [-0.1, -0.05) is 12.1 Å². The Morgan fingerprint density at radius 1 is 1.29 bits per heavy atom. The molecule has 7 heteroatoms.